The summed E-state index contributed by atoms with van der Waals surface area (Å²) >= 11 is 0. The number of nitrogens with one attached hydrogen (secondary N) is 1. The molecule has 2 nitrogen and oxygen atoms in total. The lowest BCUT2D eigenvalue weighted by atomic mass is 9.87. The Hall–Kier alpha value is -2.55. The van der Waals surface area contributed by atoms with Crippen LogP contribution in [0.4, 0.5) is 4.39 Å². The van der Waals surface area contributed by atoms with E-state index in [1.807, 2.05) is 12.1 Å². The summed E-state index contributed by atoms with van der Waals surface area (Å²) in [7, 11) is 0. The molecule has 0 aliphatic heterocycles. The van der Waals surface area contributed by atoms with Crippen molar-refractivity contribution < 1.29 is 4.39 Å². The Labute approximate surface area is 166 Å². The van der Waals surface area contributed by atoms with E-state index in [0.29, 0.717) is 17.8 Å². The Morgan fingerprint density at radius 2 is 1.75 bits per heavy atom. The van der Waals surface area contributed by atoms with E-state index in [9.17, 15) is 4.39 Å². The highest BCUT2D eigenvalue weighted by molar-refractivity contribution is 5.86. The Kier molecular flexibility index (Phi) is 4.78. The number of hydrogen-bond donors (Lipinski definition) is 1. The van der Waals surface area contributed by atoms with Crippen LogP contribution in [0.15, 0.2) is 48.7 Å². The standard InChI is InChI=1S/C25H29FN2/c1-15(2)20-14-28(23-12-8-10-21(26)25(20)23)13-16(3)17(4)24-18(5)27-22-11-7-6-9-19(22)24/h6-12,14-17,27H,13H2,1-5H3. The van der Waals surface area contributed by atoms with Crippen molar-refractivity contribution in [3.63, 3.8) is 0 Å². The van der Waals surface area contributed by atoms with Gasteiger partial charge in [0.15, 0.2) is 0 Å². The van der Waals surface area contributed by atoms with Crippen LogP contribution in [-0.2, 0) is 6.54 Å². The number of nitrogens with zero attached hydrogens (tertiary/aromatic N) is 1. The first-order valence-corrected chi connectivity index (χ1v) is 10.2. The summed E-state index contributed by atoms with van der Waals surface area (Å²) in [6, 6.07) is 13.9. The monoisotopic (exact) mass is 376 g/mol. The third kappa shape index (κ3) is 3.03. The number of fused-ring (bicyclic) bond motifs is 2. The smallest absolute Gasteiger partial charge is 0.132 e. The van der Waals surface area contributed by atoms with E-state index in [4.69, 9.17) is 0 Å². The second kappa shape index (κ2) is 7.12. The molecule has 2 heterocycles. The van der Waals surface area contributed by atoms with Gasteiger partial charge in [0.1, 0.15) is 5.82 Å². The van der Waals surface area contributed by atoms with Gasteiger partial charge in [-0.15, -0.1) is 0 Å². The van der Waals surface area contributed by atoms with Gasteiger partial charge >= 0.3 is 0 Å². The molecule has 4 aromatic rings. The number of para-hydroxylation sites is 1. The van der Waals surface area contributed by atoms with Crippen LogP contribution in [0.3, 0.4) is 0 Å². The third-order valence-corrected chi connectivity index (χ3v) is 6.24. The van der Waals surface area contributed by atoms with Crippen molar-refractivity contribution in [3.05, 3.63) is 71.3 Å². The van der Waals surface area contributed by atoms with Gasteiger partial charge in [-0.25, -0.2) is 4.39 Å². The van der Waals surface area contributed by atoms with Crippen molar-refractivity contribution >= 4 is 21.8 Å². The van der Waals surface area contributed by atoms with Crippen LogP contribution in [0.5, 0.6) is 0 Å². The lowest BCUT2D eigenvalue weighted by Gasteiger charge is -2.22. The van der Waals surface area contributed by atoms with Crippen molar-refractivity contribution in [2.75, 3.05) is 0 Å². The van der Waals surface area contributed by atoms with Gasteiger partial charge in [-0.2, -0.15) is 0 Å². The second-order valence-electron chi connectivity index (χ2n) is 8.50. The second-order valence-corrected chi connectivity index (χ2v) is 8.50. The first kappa shape index (κ1) is 18.8. The first-order chi connectivity index (χ1) is 13.4. The molecule has 146 valence electrons. The largest absolute Gasteiger partial charge is 0.358 e. The summed E-state index contributed by atoms with van der Waals surface area (Å²) in [6.45, 7) is 11.9. The molecule has 2 aromatic carbocycles. The van der Waals surface area contributed by atoms with Gasteiger partial charge in [0.05, 0.1) is 5.52 Å². The van der Waals surface area contributed by atoms with E-state index in [2.05, 4.69) is 74.6 Å². The van der Waals surface area contributed by atoms with Crippen LogP contribution >= 0.6 is 0 Å². The predicted octanol–water partition coefficient (Wildman–Crippen LogP) is 7.13. The summed E-state index contributed by atoms with van der Waals surface area (Å²) in [5, 5.41) is 2.09. The molecule has 0 aliphatic rings. The molecular weight excluding hydrogens is 347 g/mol. The summed E-state index contributed by atoms with van der Waals surface area (Å²) in [5.74, 6) is 0.985. The van der Waals surface area contributed by atoms with Crippen LogP contribution in [0, 0.1) is 18.7 Å². The number of aromatic amines is 1. The van der Waals surface area contributed by atoms with E-state index in [1.54, 1.807) is 6.07 Å². The average molecular weight is 377 g/mol. The molecule has 1 N–H and O–H groups in total. The molecule has 4 rings (SSSR count). The predicted molar refractivity (Wildman–Crippen MR) is 117 cm³/mol. The highest BCUT2D eigenvalue weighted by Gasteiger charge is 2.22. The molecular formula is C25H29FN2. The number of rotatable bonds is 5. The maximum Gasteiger partial charge on any atom is 0.132 e. The fraction of sp³-hybridized carbons (Fsp3) is 0.360. The van der Waals surface area contributed by atoms with Gasteiger partial charge in [-0.3, -0.25) is 0 Å². The average Bonchev–Trinajstić information content (AvgIpc) is 3.19. The molecule has 0 fully saturated rings. The zero-order valence-electron chi connectivity index (χ0n) is 17.4. The van der Waals surface area contributed by atoms with Crippen LogP contribution in [0.2, 0.25) is 0 Å². The summed E-state index contributed by atoms with van der Waals surface area (Å²) in [6.07, 6.45) is 2.16. The normalized spacial score (nSPS) is 14.2. The van der Waals surface area contributed by atoms with E-state index < -0.39 is 0 Å². The third-order valence-electron chi connectivity index (χ3n) is 6.24. The number of halogens is 1. The molecule has 2 unspecified atom stereocenters. The van der Waals surface area contributed by atoms with Crippen molar-refractivity contribution in [3.8, 4) is 0 Å². The summed E-state index contributed by atoms with van der Waals surface area (Å²) < 4.78 is 16.8. The molecule has 0 bridgehead atoms. The SMILES string of the molecule is Cc1[nH]c2ccccc2c1C(C)C(C)Cn1cc(C(C)C)c2c(F)cccc21. The molecule has 2 aromatic heterocycles. The van der Waals surface area contributed by atoms with Crippen molar-refractivity contribution in [1.82, 2.24) is 9.55 Å². The maximum atomic E-state index is 14.5. The number of aryl methyl sites for hydroxylation is 1. The Bertz CT molecular complexity index is 1130. The minimum Gasteiger partial charge on any atom is -0.358 e. The minimum atomic E-state index is -0.117. The lowest BCUT2D eigenvalue weighted by Crippen LogP contribution is -2.14. The highest BCUT2D eigenvalue weighted by Crippen LogP contribution is 2.36. The van der Waals surface area contributed by atoms with Crippen LogP contribution in [-0.4, -0.2) is 9.55 Å². The molecule has 3 heteroatoms. The zero-order valence-corrected chi connectivity index (χ0v) is 17.4. The van der Waals surface area contributed by atoms with E-state index in [1.165, 1.54) is 22.2 Å². The summed E-state index contributed by atoms with van der Waals surface area (Å²) in [5.41, 5.74) is 5.93. The molecule has 28 heavy (non-hydrogen) atoms. The molecule has 2 atom stereocenters. The maximum absolute atomic E-state index is 14.5. The minimum absolute atomic E-state index is 0.117. The van der Waals surface area contributed by atoms with Crippen molar-refractivity contribution in [2.24, 2.45) is 5.92 Å². The Morgan fingerprint density at radius 3 is 2.50 bits per heavy atom. The van der Waals surface area contributed by atoms with Crippen LogP contribution < -0.4 is 0 Å². The van der Waals surface area contributed by atoms with Gasteiger partial charge in [0.2, 0.25) is 0 Å². The molecule has 0 amide bonds. The molecule has 0 saturated heterocycles. The van der Waals surface area contributed by atoms with Crippen LogP contribution in [0.1, 0.15) is 56.4 Å². The van der Waals surface area contributed by atoms with Gasteiger partial charge in [0.25, 0.3) is 0 Å². The Morgan fingerprint density at radius 1 is 1.00 bits per heavy atom. The first-order valence-electron chi connectivity index (χ1n) is 10.2. The molecule has 0 saturated carbocycles. The number of aromatic nitrogens is 2. The topological polar surface area (TPSA) is 20.7 Å². The molecule has 0 spiro atoms. The van der Waals surface area contributed by atoms with Gasteiger partial charge in [-0.05, 0) is 54.0 Å². The summed E-state index contributed by atoms with van der Waals surface area (Å²) in [4.78, 5) is 3.53. The lowest BCUT2D eigenvalue weighted by molar-refractivity contribution is 0.424. The zero-order chi connectivity index (χ0) is 20.0. The van der Waals surface area contributed by atoms with E-state index in [0.717, 1.165) is 23.0 Å². The van der Waals surface area contributed by atoms with Crippen molar-refractivity contribution in [2.45, 2.75) is 53.0 Å². The van der Waals surface area contributed by atoms with Gasteiger partial charge in [-0.1, -0.05) is 52.0 Å². The van der Waals surface area contributed by atoms with Crippen LogP contribution in [0.25, 0.3) is 21.8 Å². The Balaban J connectivity index is 1.71. The number of H-pyrrole nitrogens is 1. The fourth-order valence-electron chi connectivity index (χ4n) is 4.57. The van der Waals surface area contributed by atoms with Gasteiger partial charge in [0, 0.05) is 34.7 Å². The fourth-order valence-corrected chi connectivity index (χ4v) is 4.57. The quantitative estimate of drug-likeness (QED) is 0.382. The number of benzene rings is 2. The van der Waals surface area contributed by atoms with Gasteiger partial charge < -0.3 is 9.55 Å². The van der Waals surface area contributed by atoms with Crippen molar-refractivity contribution in [1.29, 1.82) is 0 Å². The number of hydrogen-bond acceptors (Lipinski definition) is 0. The van der Waals surface area contributed by atoms with E-state index in [-0.39, 0.29) is 5.82 Å². The highest BCUT2D eigenvalue weighted by atomic mass is 19.1. The van der Waals surface area contributed by atoms with E-state index >= 15 is 0 Å². The molecule has 0 aliphatic carbocycles. The molecule has 0 radical (unpaired) electrons.